The maximum Gasteiger partial charge on any atom is 0.422 e. The van der Waals surface area contributed by atoms with Gasteiger partial charge in [0.05, 0.1) is 17.7 Å². The van der Waals surface area contributed by atoms with E-state index < -0.39 is 51.0 Å². The summed E-state index contributed by atoms with van der Waals surface area (Å²) in [6.45, 7) is 3.73. The van der Waals surface area contributed by atoms with E-state index in [0.717, 1.165) is 10.8 Å². The van der Waals surface area contributed by atoms with Crippen LogP contribution in [-0.2, 0) is 17.1 Å². The number of fused-ring (bicyclic) bond motifs is 1. The predicted molar refractivity (Wildman–Crippen MR) is 110 cm³/mol. The highest BCUT2D eigenvalue weighted by Gasteiger charge is 2.58. The van der Waals surface area contributed by atoms with Crippen molar-refractivity contribution in [1.82, 2.24) is 9.29 Å². The molecule has 0 fully saturated rings. The first-order valence-electron chi connectivity index (χ1n) is 9.34. The van der Waals surface area contributed by atoms with Crippen LogP contribution in [0.4, 0.5) is 18.9 Å². The molecule has 2 heterocycles. The third-order valence-electron chi connectivity index (χ3n) is 5.21. The van der Waals surface area contributed by atoms with Crippen LogP contribution in [0.1, 0.15) is 21.6 Å². The molecule has 1 aromatic carbocycles. The van der Waals surface area contributed by atoms with E-state index in [1.807, 2.05) is 6.07 Å². The monoisotopic (exact) mass is 484 g/mol. The number of anilines is 1. The average Bonchev–Trinajstić information content (AvgIpc) is 3.01. The molecule has 0 radical (unpaired) electrons. The molecule has 1 aliphatic rings. The molecule has 2 aromatic rings. The topological polar surface area (TPSA) is 133 Å². The molecule has 0 aliphatic carbocycles. The average molecular weight is 484 g/mol. The first kappa shape index (κ1) is 24.3. The van der Waals surface area contributed by atoms with Gasteiger partial charge in [-0.05, 0) is 30.7 Å². The van der Waals surface area contributed by atoms with Crippen LogP contribution in [0.5, 0.6) is 5.75 Å². The van der Waals surface area contributed by atoms with Crippen LogP contribution in [0.25, 0.3) is 0 Å². The van der Waals surface area contributed by atoms with E-state index in [-0.39, 0.29) is 17.5 Å². The Morgan fingerprint density at radius 3 is 2.70 bits per heavy atom. The zero-order chi connectivity index (χ0) is 24.8. The Bertz CT molecular complexity index is 1280. The molecule has 3 N–H and O–H groups in total. The zero-order valence-corrected chi connectivity index (χ0v) is 18.2. The number of aromatic nitrogens is 1. The molecule has 176 valence electrons. The van der Waals surface area contributed by atoms with Crippen molar-refractivity contribution in [1.29, 1.82) is 5.26 Å². The number of nitrogens with zero attached hydrogens (tertiary/aromatic N) is 2. The number of nitriles is 1. The van der Waals surface area contributed by atoms with Gasteiger partial charge in [-0.25, -0.2) is 13.1 Å². The molecule has 0 saturated carbocycles. The van der Waals surface area contributed by atoms with Gasteiger partial charge in [-0.3, -0.25) is 4.79 Å². The van der Waals surface area contributed by atoms with Crippen LogP contribution in [0, 0.1) is 18.3 Å². The van der Waals surface area contributed by atoms with Crippen molar-refractivity contribution in [2.45, 2.75) is 29.6 Å². The number of nitrogens with one attached hydrogen (secondary N) is 2. The molecule has 0 bridgehead atoms. The maximum atomic E-state index is 13.4. The quantitative estimate of drug-likeness (QED) is 0.569. The van der Waals surface area contributed by atoms with E-state index in [0.29, 0.717) is 11.1 Å². The second-order valence-electron chi connectivity index (χ2n) is 7.39. The number of carbonyl (C=O) groups is 1. The van der Waals surface area contributed by atoms with E-state index in [2.05, 4.69) is 11.9 Å². The first-order valence-corrected chi connectivity index (χ1v) is 10.8. The van der Waals surface area contributed by atoms with Crippen LogP contribution in [0.2, 0.25) is 0 Å². The number of rotatable bonds is 4. The molecule has 1 aliphatic heterocycles. The second kappa shape index (κ2) is 8.22. The smallest absolute Gasteiger partial charge is 0.422 e. The molecule has 3 rings (SSSR count). The Morgan fingerprint density at radius 2 is 2.12 bits per heavy atom. The van der Waals surface area contributed by atoms with Crippen molar-refractivity contribution in [3.05, 3.63) is 53.9 Å². The van der Waals surface area contributed by atoms with Gasteiger partial charge in [0.2, 0.25) is 10.0 Å². The summed E-state index contributed by atoms with van der Waals surface area (Å²) >= 11 is 0. The van der Waals surface area contributed by atoms with Crippen LogP contribution in [0.15, 0.2) is 41.9 Å². The number of halogens is 3. The van der Waals surface area contributed by atoms with Gasteiger partial charge in [0.15, 0.2) is 17.0 Å². The molecule has 33 heavy (non-hydrogen) atoms. The van der Waals surface area contributed by atoms with Crippen molar-refractivity contribution in [3.8, 4) is 11.8 Å². The fraction of sp³-hybridized carbons (Fsp3) is 0.300. The molecule has 1 aromatic heterocycles. The van der Waals surface area contributed by atoms with Gasteiger partial charge in [-0.2, -0.15) is 18.4 Å². The van der Waals surface area contributed by atoms with Crippen LogP contribution in [-0.4, -0.2) is 48.4 Å². The Labute approximate surface area is 187 Å². The molecular weight excluding hydrogens is 465 g/mol. The number of ether oxygens (including phenoxy) is 1. The third kappa shape index (κ3) is 4.20. The molecule has 0 unspecified atom stereocenters. The second-order valence-corrected chi connectivity index (χ2v) is 9.07. The lowest BCUT2D eigenvalue weighted by Gasteiger charge is -2.33. The van der Waals surface area contributed by atoms with E-state index in [1.165, 1.54) is 19.2 Å². The predicted octanol–water partition coefficient (Wildman–Crippen LogP) is 1.98. The van der Waals surface area contributed by atoms with Gasteiger partial charge < -0.3 is 19.7 Å². The first-order chi connectivity index (χ1) is 15.2. The van der Waals surface area contributed by atoms with E-state index in [9.17, 15) is 31.5 Å². The molecule has 1 amide bonds. The van der Waals surface area contributed by atoms with Gasteiger partial charge in [0, 0.05) is 18.9 Å². The van der Waals surface area contributed by atoms with E-state index >= 15 is 0 Å². The summed E-state index contributed by atoms with van der Waals surface area (Å²) in [6, 6.07) is 4.35. The number of alkyl halides is 3. The fourth-order valence-electron chi connectivity index (χ4n) is 3.30. The van der Waals surface area contributed by atoms with E-state index in [4.69, 9.17) is 10.00 Å². The summed E-state index contributed by atoms with van der Waals surface area (Å²) in [5.41, 5.74) is -2.69. The number of sulfonamides is 1. The van der Waals surface area contributed by atoms with Crippen molar-refractivity contribution in [2.24, 2.45) is 7.05 Å². The van der Waals surface area contributed by atoms with E-state index in [1.54, 1.807) is 17.7 Å². The van der Waals surface area contributed by atoms with Crippen LogP contribution < -0.4 is 14.8 Å². The van der Waals surface area contributed by atoms with Crippen LogP contribution >= 0.6 is 0 Å². The summed E-state index contributed by atoms with van der Waals surface area (Å²) in [5.74, 6) is -1.30. The zero-order valence-electron chi connectivity index (χ0n) is 17.4. The summed E-state index contributed by atoms with van der Waals surface area (Å²) < 4.78 is 74.1. The minimum atomic E-state index is -5.26. The normalized spacial score (nSPS) is 19.2. The SMILES string of the molecule is C=C[C@](O)([C@H]1COc2c(cn(C)c2C(=O)Nc2ccc(C)c(C#N)c2)S(=O)(=O)N1)C(F)(F)F. The summed E-state index contributed by atoms with van der Waals surface area (Å²) in [7, 11) is -3.28. The summed E-state index contributed by atoms with van der Waals surface area (Å²) in [4.78, 5) is 12.3. The number of aliphatic hydroxyl groups is 1. The highest BCUT2D eigenvalue weighted by atomic mass is 32.2. The van der Waals surface area contributed by atoms with Gasteiger partial charge >= 0.3 is 6.18 Å². The lowest BCUT2D eigenvalue weighted by molar-refractivity contribution is -0.249. The minimum absolute atomic E-state index is 0.178. The number of aryl methyl sites for hydroxylation is 2. The lowest BCUT2D eigenvalue weighted by atomic mass is 9.95. The highest BCUT2D eigenvalue weighted by Crippen LogP contribution is 2.39. The fourth-order valence-corrected chi connectivity index (χ4v) is 4.75. The lowest BCUT2D eigenvalue weighted by Crippen LogP contribution is -2.61. The number of amides is 1. The third-order valence-corrected chi connectivity index (χ3v) is 6.68. The van der Waals surface area contributed by atoms with Gasteiger partial charge in [0.25, 0.3) is 5.91 Å². The van der Waals surface area contributed by atoms with Crippen LogP contribution in [0.3, 0.4) is 0 Å². The molecule has 0 spiro atoms. The van der Waals surface area contributed by atoms with Crippen molar-refractivity contribution >= 4 is 21.6 Å². The van der Waals surface area contributed by atoms with Gasteiger partial charge in [-0.15, -0.1) is 0 Å². The van der Waals surface area contributed by atoms with Crippen molar-refractivity contribution < 1.29 is 36.2 Å². The highest BCUT2D eigenvalue weighted by molar-refractivity contribution is 7.89. The number of hydrogen-bond acceptors (Lipinski definition) is 6. The summed E-state index contributed by atoms with van der Waals surface area (Å²) in [5, 5.41) is 21.8. The Kier molecular flexibility index (Phi) is 6.05. The molecule has 9 nitrogen and oxygen atoms in total. The molecule has 2 atom stereocenters. The Balaban J connectivity index is 2.00. The number of hydrogen-bond donors (Lipinski definition) is 3. The Morgan fingerprint density at radius 1 is 1.45 bits per heavy atom. The van der Waals surface area contributed by atoms with Crippen molar-refractivity contribution in [2.75, 3.05) is 11.9 Å². The van der Waals surface area contributed by atoms with Crippen molar-refractivity contribution in [3.63, 3.8) is 0 Å². The molecule has 0 saturated heterocycles. The largest absolute Gasteiger partial charge is 0.488 e. The molecule has 13 heteroatoms. The summed E-state index contributed by atoms with van der Waals surface area (Å²) in [6.07, 6.45) is -4.07. The van der Waals surface area contributed by atoms with Gasteiger partial charge in [0.1, 0.15) is 11.5 Å². The van der Waals surface area contributed by atoms with Gasteiger partial charge in [-0.1, -0.05) is 12.6 Å². The number of benzene rings is 1. The minimum Gasteiger partial charge on any atom is -0.488 e. The Hall–Kier alpha value is -3.34. The maximum absolute atomic E-state index is 13.4. The molecular formula is C20H19F3N4O5S. The number of carbonyl (C=O) groups excluding carboxylic acids is 1. The standard InChI is InChI=1S/C20H19F3N4O5S/c1-4-19(29,20(21,22)23)15-10-32-17-14(33(30,31)26-15)9-27(3)16(17)18(28)25-13-6-5-11(2)12(7-13)8-24/h4-7,9,15,26,29H,1,10H2,2-3H3,(H,25,28)/t15-,19+/m1/s1.